The molecule has 1 amide bonds. The molecule has 1 aliphatic heterocycles. The summed E-state index contributed by atoms with van der Waals surface area (Å²) in [5.74, 6) is -4.77. The zero-order chi connectivity index (χ0) is 25.7. The first-order valence-corrected chi connectivity index (χ1v) is 10.8. The highest BCUT2D eigenvalue weighted by Crippen LogP contribution is 2.03. The Hall–Kier alpha value is -3.39. The lowest BCUT2D eigenvalue weighted by Crippen LogP contribution is -2.48. The van der Waals surface area contributed by atoms with Crippen molar-refractivity contribution in [3.63, 3.8) is 0 Å². The summed E-state index contributed by atoms with van der Waals surface area (Å²) in [4.78, 5) is 64.9. The Morgan fingerprint density at radius 1 is 0.647 bits per heavy atom. The van der Waals surface area contributed by atoms with Crippen molar-refractivity contribution < 1.29 is 44.4 Å². The van der Waals surface area contributed by atoms with Gasteiger partial charge in [0, 0.05) is 58.2 Å². The Balaban J connectivity index is 3.09. The third kappa shape index (κ3) is 12.0. The van der Waals surface area contributed by atoms with Crippen molar-refractivity contribution >= 4 is 29.8 Å². The van der Waals surface area contributed by atoms with Gasteiger partial charge >= 0.3 is 23.9 Å². The summed E-state index contributed by atoms with van der Waals surface area (Å²) in [5.41, 5.74) is 0. The van der Waals surface area contributed by atoms with E-state index in [1.807, 2.05) is 0 Å². The van der Waals surface area contributed by atoms with Crippen molar-refractivity contribution in [1.82, 2.24) is 24.5 Å². The molecule has 0 spiro atoms. The summed E-state index contributed by atoms with van der Waals surface area (Å²) in [5, 5.41) is 36.6. The molecule has 4 N–H and O–H groups in total. The fourth-order valence-electron chi connectivity index (χ4n) is 3.33. The first kappa shape index (κ1) is 28.6. The molecule has 1 rings (SSSR count). The van der Waals surface area contributed by atoms with Crippen LogP contribution < -0.4 is 0 Å². The van der Waals surface area contributed by atoms with Crippen LogP contribution in [0.4, 0.5) is 0 Å². The van der Waals surface area contributed by atoms with E-state index in [9.17, 15) is 34.2 Å². The van der Waals surface area contributed by atoms with Crippen LogP contribution in [-0.2, 0) is 24.0 Å². The fraction of sp³-hybridized carbons (Fsp3) is 0.650. The lowest BCUT2D eigenvalue weighted by molar-refractivity contribution is -0.144. The van der Waals surface area contributed by atoms with Gasteiger partial charge in [0.15, 0.2) is 0 Å². The molecule has 192 valence electrons. The smallest absolute Gasteiger partial charge is 0.323 e. The third-order valence-corrected chi connectivity index (χ3v) is 5.08. The fourth-order valence-corrected chi connectivity index (χ4v) is 3.33. The van der Waals surface area contributed by atoms with E-state index < -0.39 is 36.3 Å². The number of likely N-dealkylation sites (N-methyl/N-ethyl adjacent to an activating group) is 1. The van der Waals surface area contributed by atoms with Crippen LogP contribution in [0, 0.1) is 0 Å². The quantitative estimate of drug-likeness (QED) is 0.248. The van der Waals surface area contributed by atoms with Gasteiger partial charge in [0.05, 0.1) is 13.1 Å². The van der Waals surface area contributed by atoms with Crippen LogP contribution in [0.25, 0.3) is 0 Å². The largest absolute Gasteiger partial charge is 0.480 e. The summed E-state index contributed by atoms with van der Waals surface area (Å²) >= 11 is 0. The van der Waals surface area contributed by atoms with E-state index in [-0.39, 0.29) is 72.0 Å². The predicted octanol–water partition coefficient (Wildman–Crippen LogP) is -2.13. The average molecular weight is 488 g/mol. The minimum Gasteiger partial charge on any atom is -0.480 e. The second kappa shape index (κ2) is 14.7. The topological polar surface area (TPSA) is 182 Å². The van der Waals surface area contributed by atoms with Crippen molar-refractivity contribution in [3.05, 3.63) is 12.4 Å². The van der Waals surface area contributed by atoms with Crippen molar-refractivity contribution in [3.8, 4) is 0 Å². The minimum atomic E-state index is -1.14. The van der Waals surface area contributed by atoms with Crippen LogP contribution >= 0.6 is 0 Å². The van der Waals surface area contributed by atoms with Gasteiger partial charge in [-0.15, -0.1) is 0 Å². The third-order valence-electron chi connectivity index (χ3n) is 5.08. The number of carboxylic acid groups (broad SMARTS) is 4. The maximum Gasteiger partial charge on any atom is 0.323 e. The molecule has 0 atom stereocenters. The standard InChI is InChI=1S/C20H33N5O9/c1-2-25(15-20(33)34)16(26)11-21-3-5-22(12-17(27)28)7-9-24(14-19(31)32)10-8-23(6-4-21)13-18(29)30/h7,9H,2-6,8,10-15H2,1H3,(H,27,28)(H,29,30)(H,31,32)(H,33,34)/b9-7-. The highest BCUT2D eigenvalue weighted by Gasteiger charge is 2.21. The lowest BCUT2D eigenvalue weighted by Gasteiger charge is -2.32. The van der Waals surface area contributed by atoms with Gasteiger partial charge in [-0.25, -0.2) is 0 Å². The number of rotatable bonds is 11. The summed E-state index contributed by atoms with van der Waals surface area (Å²) < 4.78 is 0. The molecule has 0 saturated heterocycles. The molecular weight excluding hydrogens is 454 g/mol. The molecule has 0 bridgehead atoms. The Bertz CT molecular complexity index is 761. The summed E-state index contributed by atoms with van der Waals surface area (Å²) in [6.07, 6.45) is 2.92. The van der Waals surface area contributed by atoms with Gasteiger partial charge in [0.1, 0.15) is 19.6 Å². The molecule has 0 aliphatic carbocycles. The van der Waals surface area contributed by atoms with Gasteiger partial charge in [-0.1, -0.05) is 0 Å². The first-order chi connectivity index (χ1) is 16.0. The normalized spacial score (nSPS) is 17.3. The number of hydrogen-bond acceptors (Lipinski definition) is 9. The molecule has 14 nitrogen and oxygen atoms in total. The number of amides is 1. The van der Waals surface area contributed by atoms with E-state index >= 15 is 0 Å². The van der Waals surface area contributed by atoms with Crippen molar-refractivity contribution in [2.75, 3.05) is 78.5 Å². The van der Waals surface area contributed by atoms with Crippen LogP contribution in [0.5, 0.6) is 0 Å². The molecule has 1 heterocycles. The number of hydrogen-bond donors (Lipinski definition) is 4. The highest BCUT2D eigenvalue weighted by molar-refractivity contribution is 5.82. The predicted molar refractivity (Wildman–Crippen MR) is 118 cm³/mol. The second-order valence-electron chi connectivity index (χ2n) is 7.77. The van der Waals surface area contributed by atoms with Gasteiger partial charge in [-0.05, 0) is 6.92 Å². The first-order valence-electron chi connectivity index (χ1n) is 10.8. The van der Waals surface area contributed by atoms with Crippen LogP contribution in [0.2, 0.25) is 0 Å². The van der Waals surface area contributed by atoms with Crippen molar-refractivity contribution in [2.45, 2.75) is 6.92 Å². The SMILES string of the molecule is CCN(CC(=O)O)C(=O)CN1CCN(CC(=O)O)/C=C\N(CC(=O)O)CCN(CC(=O)O)CC1. The molecule has 0 radical (unpaired) electrons. The minimum absolute atomic E-state index is 0.113. The van der Waals surface area contributed by atoms with Crippen LogP contribution in [0.3, 0.4) is 0 Å². The second-order valence-corrected chi connectivity index (χ2v) is 7.77. The number of carboxylic acids is 4. The molecule has 0 aromatic carbocycles. The highest BCUT2D eigenvalue weighted by atomic mass is 16.4. The summed E-state index contributed by atoms with van der Waals surface area (Å²) in [7, 11) is 0. The number of carbonyl (C=O) groups excluding carboxylic acids is 1. The average Bonchev–Trinajstić information content (AvgIpc) is 2.72. The van der Waals surface area contributed by atoms with Gasteiger partial charge in [0.2, 0.25) is 5.91 Å². The molecule has 0 aromatic heterocycles. The van der Waals surface area contributed by atoms with E-state index in [1.54, 1.807) is 16.7 Å². The van der Waals surface area contributed by atoms with E-state index in [0.717, 1.165) is 0 Å². The molecule has 1 aliphatic rings. The van der Waals surface area contributed by atoms with Gasteiger partial charge in [-0.2, -0.15) is 0 Å². The van der Waals surface area contributed by atoms with E-state index in [0.29, 0.717) is 0 Å². The Morgan fingerprint density at radius 2 is 1.06 bits per heavy atom. The Labute approximate surface area is 197 Å². The van der Waals surface area contributed by atoms with Gasteiger partial charge < -0.3 is 35.1 Å². The molecule has 0 unspecified atom stereocenters. The summed E-state index contributed by atoms with van der Waals surface area (Å²) in [6.45, 7) is 1.74. The molecular formula is C20H33N5O9. The maximum atomic E-state index is 12.6. The Kier molecular flexibility index (Phi) is 12.4. The van der Waals surface area contributed by atoms with E-state index in [2.05, 4.69) is 0 Å². The molecule has 0 aromatic rings. The molecule has 14 heteroatoms. The van der Waals surface area contributed by atoms with Gasteiger partial charge in [-0.3, -0.25) is 33.8 Å². The van der Waals surface area contributed by atoms with Crippen LogP contribution in [0.1, 0.15) is 6.92 Å². The number of nitrogens with zero attached hydrogens (tertiary/aromatic N) is 5. The zero-order valence-corrected chi connectivity index (χ0v) is 19.2. The Morgan fingerprint density at radius 3 is 1.44 bits per heavy atom. The molecule has 0 fully saturated rings. The number of aliphatic carboxylic acids is 4. The van der Waals surface area contributed by atoms with Crippen molar-refractivity contribution in [2.24, 2.45) is 0 Å². The van der Waals surface area contributed by atoms with E-state index in [1.165, 1.54) is 27.1 Å². The molecule has 34 heavy (non-hydrogen) atoms. The monoisotopic (exact) mass is 487 g/mol. The molecule has 0 saturated carbocycles. The zero-order valence-electron chi connectivity index (χ0n) is 19.2. The van der Waals surface area contributed by atoms with Crippen LogP contribution in [0.15, 0.2) is 12.4 Å². The van der Waals surface area contributed by atoms with E-state index in [4.69, 9.17) is 10.2 Å². The maximum absolute atomic E-state index is 12.6. The van der Waals surface area contributed by atoms with Crippen molar-refractivity contribution in [1.29, 1.82) is 0 Å². The lowest BCUT2D eigenvalue weighted by atomic mass is 10.3. The van der Waals surface area contributed by atoms with Crippen LogP contribution in [-0.4, -0.2) is 153 Å². The number of carbonyl (C=O) groups is 5. The van der Waals surface area contributed by atoms with Gasteiger partial charge in [0.25, 0.3) is 0 Å². The summed E-state index contributed by atoms with van der Waals surface area (Å²) in [6, 6.07) is 0.